The number of nitrogens with zero attached hydrogens (tertiary/aromatic N) is 4. The highest BCUT2D eigenvalue weighted by Crippen LogP contribution is 2.26. The van der Waals surface area contributed by atoms with E-state index in [2.05, 4.69) is 15.0 Å². The number of carbonyl (C=O) groups is 1. The van der Waals surface area contributed by atoms with Crippen LogP contribution in [0.15, 0.2) is 28.9 Å². The summed E-state index contributed by atoms with van der Waals surface area (Å²) in [5, 5.41) is 4.08. The number of aryl methyl sites for hydroxylation is 1. The van der Waals surface area contributed by atoms with Crippen molar-refractivity contribution in [1.29, 1.82) is 0 Å². The molecule has 2 aromatic heterocycles. The Kier molecular flexibility index (Phi) is 5.06. The van der Waals surface area contributed by atoms with Gasteiger partial charge < -0.3 is 14.3 Å². The van der Waals surface area contributed by atoms with Crippen molar-refractivity contribution in [1.82, 2.24) is 15.0 Å². The third kappa shape index (κ3) is 3.52. The zero-order valence-corrected chi connectivity index (χ0v) is 15.4. The maximum absolute atomic E-state index is 13.1. The van der Waals surface area contributed by atoms with Crippen LogP contribution in [0.25, 0.3) is 0 Å². The van der Waals surface area contributed by atoms with Crippen molar-refractivity contribution in [2.45, 2.75) is 45.6 Å². The third-order valence-corrected chi connectivity index (χ3v) is 4.89. The molecule has 3 rings (SSSR count). The molecule has 2 aromatic rings. The summed E-state index contributed by atoms with van der Waals surface area (Å²) in [4.78, 5) is 21.6. The van der Waals surface area contributed by atoms with Crippen LogP contribution in [-0.4, -0.2) is 47.1 Å². The van der Waals surface area contributed by atoms with E-state index in [9.17, 15) is 4.79 Å². The van der Waals surface area contributed by atoms with Gasteiger partial charge in [0.15, 0.2) is 0 Å². The summed E-state index contributed by atoms with van der Waals surface area (Å²) in [5.41, 5.74) is 1.36. The van der Waals surface area contributed by atoms with Crippen LogP contribution in [0.4, 0.5) is 5.82 Å². The lowest BCUT2D eigenvalue weighted by Gasteiger charge is -2.38. The summed E-state index contributed by atoms with van der Waals surface area (Å²) in [7, 11) is 1.88. The van der Waals surface area contributed by atoms with E-state index < -0.39 is 0 Å². The molecule has 0 spiro atoms. The van der Waals surface area contributed by atoms with Gasteiger partial charge in [-0.15, -0.1) is 0 Å². The molecule has 134 valence electrons. The number of anilines is 1. The third-order valence-electron chi connectivity index (χ3n) is 4.89. The number of carbonyl (C=O) groups excluding carboxylic acids is 1. The van der Waals surface area contributed by atoms with E-state index in [1.807, 2.05) is 50.2 Å². The van der Waals surface area contributed by atoms with E-state index in [-0.39, 0.29) is 17.9 Å². The number of hydrogen-bond acceptors (Lipinski definition) is 5. The highest BCUT2D eigenvalue weighted by molar-refractivity contribution is 5.96. The van der Waals surface area contributed by atoms with E-state index in [1.54, 1.807) is 6.92 Å². The number of rotatable bonds is 4. The van der Waals surface area contributed by atoms with Crippen molar-refractivity contribution in [2.24, 2.45) is 0 Å². The molecule has 0 saturated carbocycles. The molecule has 1 fully saturated rings. The summed E-state index contributed by atoms with van der Waals surface area (Å²) in [6, 6.07) is 6.09. The lowest BCUT2D eigenvalue weighted by atomic mass is 10.0. The maximum Gasteiger partial charge on any atom is 0.259 e. The van der Waals surface area contributed by atoms with E-state index >= 15 is 0 Å². The summed E-state index contributed by atoms with van der Waals surface area (Å²) in [5.74, 6) is 1.71. The molecule has 0 aliphatic carbocycles. The Labute approximate surface area is 148 Å². The summed E-state index contributed by atoms with van der Waals surface area (Å²) >= 11 is 0. The number of aromatic nitrogens is 2. The van der Waals surface area contributed by atoms with Crippen molar-refractivity contribution in [3.8, 4) is 0 Å². The number of piperidine rings is 1. The lowest BCUT2D eigenvalue weighted by Crippen LogP contribution is -2.49. The molecule has 1 aliphatic heterocycles. The quantitative estimate of drug-likeness (QED) is 0.853. The first-order chi connectivity index (χ1) is 12.0. The van der Waals surface area contributed by atoms with Gasteiger partial charge in [0.25, 0.3) is 5.91 Å². The van der Waals surface area contributed by atoms with E-state index in [1.165, 1.54) is 0 Å². The van der Waals surface area contributed by atoms with Gasteiger partial charge in [-0.3, -0.25) is 4.79 Å². The summed E-state index contributed by atoms with van der Waals surface area (Å²) in [6.07, 6.45) is 3.84. The molecule has 0 aromatic carbocycles. The van der Waals surface area contributed by atoms with Crippen LogP contribution in [0, 0.1) is 6.92 Å². The Morgan fingerprint density at radius 1 is 1.40 bits per heavy atom. The predicted molar refractivity (Wildman–Crippen MR) is 96.9 cm³/mol. The fraction of sp³-hybridized carbons (Fsp3) is 0.526. The summed E-state index contributed by atoms with van der Waals surface area (Å²) < 4.78 is 5.29. The molecule has 0 bridgehead atoms. The molecular weight excluding hydrogens is 316 g/mol. The molecule has 6 heteroatoms. The molecule has 1 saturated heterocycles. The highest BCUT2D eigenvalue weighted by atomic mass is 16.5. The van der Waals surface area contributed by atoms with E-state index in [4.69, 9.17) is 4.52 Å². The second-order valence-electron chi connectivity index (χ2n) is 7.00. The van der Waals surface area contributed by atoms with Crippen LogP contribution < -0.4 is 4.90 Å². The van der Waals surface area contributed by atoms with Gasteiger partial charge in [0.2, 0.25) is 0 Å². The number of amides is 1. The first-order valence-electron chi connectivity index (χ1n) is 8.88. The molecule has 1 atom stereocenters. The Hall–Kier alpha value is -2.37. The fourth-order valence-corrected chi connectivity index (χ4v) is 3.41. The minimum Gasteiger partial charge on any atom is -0.361 e. The van der Waals surface area contributed by atoms with Gasteiger partial charge in [0.1, 0.15) is 17.1 Å². The number of hydrogen-bond donors (Lipinski definition) is 0. The average Bonchev–Trinajstić information content (AvgIpc) is 3.03. The summed E-state index contributed by atoms with van der Waals surface area (Å²) in [6.45, 7) is 7.62. The van der Waals surface area contributed by atoms with Crippen LogP contribution in [0.5, 0.6) is 0 Å². The van der Waals surface area contributed by atoms with Crippen molar-refractivity contribution < 1.29 is 9.32 Å². The first-order valence-corrected chi connectivity index (χ1v) is 8.88. The van der Waals surface area contributed by atoms with Crippen molar-refractivity contribution in [3.05, 3.63) is 41.4 Å². The molecule has 1 amide bonds. The normalized spacial score (nSPS) is 17.8. The molecule has 25 heavy (non-hydrogen) atoms. The van der Waals surface area contributed by atoms with E-state index in [0.717, 1.165) is 37.4 Å². The fourth-order valence-electron chi connectivity index (χ4n) is 3.41. The second kappa shape index (κ2) is 7.25. The van der Waals surface area contributed by atoms with Crippen molar-refractivity contribution in [2.75, 3.05) is 25.0 Å². The average molecular weight is 342 g/mol. The van der Waals surface area contributed by atoms with Gasteiger partial charge in [0.05, 0.1) is 5.69 Å². The van der Waals surface area contributed by atoms with Crippen molar-refractivity contribution >= 4 is 11.7 Å². The Morgan fingerprint density at radius 3 is 2.88 bits per heavy atom. The van der Waals surface area contributed by atoms with Gasteiger partial charge >= 0.3 is 0 Å². The largest absolute Gasteiger partial charge is 0.361 e. The van der Waals surface area contributed by atoms with Gasteiger partial charge in [0, 0.05) is 32.4 Å². The molecular formula is C19H26N4O2. The Bertz CT molecular complexity index is 726. The monoisotopic (exact) mass is 342 g/mol. The minimum atomic E-state index is -0.00433. The second-order valence-corrected chi connectivity index (χ2v) is 7.00. The van der Waals surface area contributed by atoms with E-state index in [0.29, 0.717) is 11.3 Å². The van der Waals surface area contributed by atoms with Crippen LogP contribution >= 0.6 is 0 Å². The van der Waals surface area contributed by atoms with Gasteiger partial charge in [-0.2, -0.15) is 0 Å². The van der Waals surface area contributed by atoms with Crippen LogP contribution in [-0.2, 0) is 0 Å². The minimum absolute atomic E-state index is 0.00433. The molecule has 0 unspecified atom stereocenters. The van der Waals surface area contributed by atoms with Crippen LogP contribution in [0.2, 0.25) is 0 Å². The zero-order valence-electron chi connectivity index (χ0n) is 15.4. The molecule has 0 radical (unpaired) electrons. The highest BCUT2D eigenvalue weighted by Gasteiger charge is 2.31. The lowest BCUT2D eigenvalue weighted by molar-refractivity contribution is 0.0714. The zero-order chi connectivity index (χ0) is 18.0. The molecule has 3 heterocycles. The van der Waals surface area contributed by atoms with Gasteiger partial charge in [-0.1, -0.05) is 25.1 Å². The SMILES string of the molecule is Cc1onc(C(C)C)c1C(=O)N(C)[C@@H]1CCCN(c2ccccn2)C1. The maximum atomic E-state index is 13.1. The van der Waals surface area contributed by atoms with Crippen LogP contribution in [0.1, 0.15) is 54.4 Å². The van der Waals surface area contributed by atoms with Gasteiger partial charge in [-0.25, -0.2) is 4.98 Å². The smallest absolute Gasteiger partial charge is 0.259 e. The van der Waals surface area contributed by atoms with Crippen LogP contribution in [0.3, 0.4) is 0 Å². The number of likely N-dealkylation sites (N-methyl/N-ethyl adjacent to an activating group) is 1. The molecule has 1 aliphatic rings. The van der Waals surface area contributed by atoms with Crippen molar-refractivity contribution in [3.63, 3.8) is 0 Å². The molecule has 6 nitrogen and oxygen atoms in total. The predicted octanol–water partition coefficient (Wildman–Crippen LogP) is 3.24. The standard InChI is InChI=1S/C19H26N4O2/c1-13(2)18-17(14(3)25-21-18)19(24)22(4)15-8-7-11-23(12-15)16-9-5-6-10-20-16/h5-6,9-10,13,15H,7-8,11-12H2,1-4H3/t15-/m1/s1. The Balaban J connectivity index is 1.77. The number of pyridine rings is 1. The topological polar surface area (TPSA) is 62.5 Å². The Morgan fingerprint density at radius 2 is 2.20 bits per heavy atom. The van der Waals surface area contributed by atoms with Gasteiger partial charge in [-0.05, 0) is 37.8 Å². The first kappa shape index (κ1) is 17.5. The molecule has 0 N–H and O–H groups in total.